The Morgan fingerprint density at radius 3 is 2.72 bits per heavy atom. The number of nitrogens with one attached hydrogen (secondary N) is 2. The third kappa shape index (κ3) is 4.50. The van der Waals surface area contributed by atoms with Gasteiger partial charge in [0.1, 0.15) is 0 Å². The summed E-state index contributed by atoms with van der Waals surface area (Å²) in [6.07, 6.45) is 2.82. The summed E-state index contributed by atoms with van der Waals surface area (Å²) >= 11 is 3.15. The van der Waals surface area contributed by atoms with Crippen LogP contribution in [0.1, 0.15) is 10.4 Å². The van der Waals surface area contributed by atoms with Gasteiger partial charge < -0.3 is 10.1 Å². The molecule has 0 aliphatic rings. The molecule has 0 radical (unpaired) electrons. The molecule has 1 rings (SSSR count). The molecule has 8 heteroatoms. The summed E-state index contributed by atoms with van der Waals surface area (Å²) in [5.41, 5.74) is 0.206. The van der Waals surface area contributed by atoms with Gasteiger partial charge in [-0.25, -0.2) is 9.59 Å². The second-order valence-electron chi connectivity index (χ2n) is 3.10. The summed E-state index contributed by atoms with van der Waals surface area (Å²) in [5.74, 6) is -1.42. The van der Waals surface area contributed by atoms with E-state index in [1.54, 1.807) is 0 Å². The second kappa shape index (κ2) is 6.70. The van der Waals surface area contributed by atoms with Gasteiger partial charge in [-0.2, -0.15) is 0 Å². The van der Waals surface area contributed by atoms with Gasteiger partial charge in [-0.3, -0.25) is 15.1 Å². The monoisotopic (exact) mass is 315 g/mol. The van der Waals surface area contributed by atoms with Crippen molar-refractivity contribution in [2.45, 2.75) is 0 Å². The van der Waals surface area contributed by atoms with Gasteiger partial charge in [0.15, 0.2) is 6.61 Å². The third-order valence-corrected chi connectivity index (χ3v) is 2.19. The van der Waals surface area contributed by atoms with E-state index in [-0.39, 0.29) is 5.56 Å². The zero-order valence-electron chi connectivity index (χ0n) is 9.40. The first-order chi connectivity index (χ1) is 8.52. The molecule has 1 aromatic rings. The third-order valence-electron chi connectivity index (χ3n) is 1.75. The molecule has 96 valence electrons. The molecule has 0 aliphatic heterocycles. The quantitative estimate of drug-likeness (QED) is 0.790. The number of amides is 3. The van der Waals surface area contributed by atoms with Crippen molar-refractivity contribution in [2.24, 2.45) is 0 Å². The highest BCUT2D eigenvalue weighted by atomic mass is 79.9. The van der Waals surface area contributed by atoms with Gasteiger partial charge in [0.05, 0.1) is 5.56 Å². The first-order valence-electron chi connectivity index (χ1n) is 4.82. The minimum atomic E-state index is -0.717. The molecule has 3 amide bonds. The van der Waals surface area contributed by atoms with E-state index in [1.807, 2.05) is 5.32 Å². The van der Waals surface area contributed by atoms with Crippen molar-refractivity contribution in [2.75, 3.05) is 13.7 Å². The molecule has 0 saturated heterocycles. The van der Waals surface area contributed by atoms with Crippen LogP contribution in [0.2, 0.25) is 0 Å². The van der Waals surface area contributed by atoms with Gasteiger partial charge in [0, 0.05) is 23.9 Å². The van der Waals surface area contributed by atoms with E-state index in [1.165, 1.54) is 25.5 Å². The molecular weight excluding hydrogens is 306 g/mol. The van der Waals surface area contributed by atoms with Gasteiger partial charge in [-0.1, -0.05) is 0 Å². The molecule has 18 heavy (non-hydrogen) atoms. The van der Waals surface area contributed by atoms with E-state index < -0.39 is 24.5 Å². The van der Waals surface area contributed by atoms with Crippen LogP contribution in [-0.4, -0.2) is 36.5 Å². The molecule has 0 atom stereocenters. The van der Waals surface area contributed by atoms with Crippen molar-refractivity contribution >= 4 is 33.8 Å². The number of urea groups is 1. The van der Waals surface area contributed by atoms with Crippen LogP contribution in [0.25, 0.3) is 0 Å². The van der Waals surface area contributed by atoms with E-state index in [9.17, 15) is 14.4 Å². The van der Waals surface area contributed by atoms with E-state index in [2.05, 4.69) is 26.2 Å². The Balaban J connectivity index is 2.46. The molecule has 0 spiro atoms. The first-order valence-corrected chi connectivity index (χ1v) is 5.61. The number of rotatable bonds is 3. The minimum absolute atomic E-state index is 0.206. The van der Waals surface area contributed by atoms with Crippen molar-refractivity contribution in [3.63, 3.8) is 0 Å². The lowest BCUT2D eigenvalue weighted by molar-refractivity contribution is -0.123. The summed E-state index contributed by atoms with van der Waals surface area (Å²) in [7, 11) is 1.36. The molecule has 1 aromatic heterocycles. The number of imide groups is 1. The SMILES string of the molecule is CNC(=O)NC(=O)COC(=O)c1cncc(Br)c1. The minimum Gasteiger partial charge on any atom is -0.452 e. The predicted molar refractivity (Wildman–Crippen MR) is 64.8 cm³/mol. The van der Waals surface area contributed by atoms with Gasteiger partial charge in [0.25, 0.3) is 5.91 Å². The number of aromatic nitrogens is 1. The van der Waals surface area contributed by atoms with Crippen molar-refractivity contribution < 1.29 is 19.1 Å². The van der Waals surface area contributed by atoms with Crippen molar-refractivity contribution in [1.29, 1.82) is 0 Å². The lowest BCUT2D eigenvalue weighted by atomic mass is 10.3. The molecule has 0 aliphatic carbocycles. The zero-order chi connectivity index (χ0) is 13.5. The fraction of sp³-hybridized carbons (Fsp3) is 0.200. The van der Waals surface area contributed by atoms with Gasteiger partial charge in [-0.05, 0) is 22.0 Å². The molecule has 7 nitrogen and oxygen atoms in total. The van der Waals surface area contributed by atoms with Crippen LogP contribution >= 0.6 is 15.9 Å². The highest BCUT2D eigenvalue weighted by Gasteiger charge is 2.12. The molecule has 0 unspecified atom stereocenters. The first kappa shape index (κ1) is 14.1. The van der Waals surface area contributed by atoms with Gasteiger partial charge >= 0.3 is 12.0 Å². The average molecular weight is 316 g/mol. The maximum atomic E-state index is 11.5. The lowest BCUT2D eigenvalue weighted by Gasteiger charge is -2.05. The fourth-order valence-corrected chi connectivity index (χ4v) is 1.33. The Hall–Kier alpha value is -1.96. The van der Waals surface area contributed by atoms with Crippen molar-refractivity contribution in [3.8, 4) is 0 Å². The van der Waals surface area contributed by atoms with Crippen molar-refractivity contribution in [3.05, 3.63) is 28.5 Å². The maximum Gasteiger partial charge on any atom is 0.340 e. The van der Waals surface area contributed by atoms with Crippen LogP contribution in [0.4, 0.5) is 4.79 Å². The van der Waals surface area contributed by atoms with Crippen LogP contribution in [0, 0.1) is 0 Å². The van der Waals surface area contributed by atoms with Crippen LogP contribution in [0.15, 0.2) is 22.9 Å². The lowest BCUT2D eigenvalue weighted by Crippen LogP contribution is -2.39. The molecule has 0 bridgehead atoms. The highest BCUT2D eigenvalue weighted by molar-refractivity contribution is 9.10. The molecular formula is C10H10BrN3O4. The topological polar surface area (TPSA) is 97.4 Å². The number of hydrogen-bond acceptors (Lipinski definition) is 5. The number of nitrogens with zero attached hydrogens (tertiary/aromatic N) is 1. The maximum absolute atomic E-state index is 11.5. The summed E-state index contributed by atoms with van der Waals surface area (Å²) < 4.78 is 5.32. The Morgan fingerprint density at radius 1 is 1.39 bits per heavy atom. The molecule has 2 N–H and O–H groups in total. The largest absolute Gasteiger partial charge is 0.452 e. The predicted octanol–water partition coefficient (Wildman–Crippen LogP) is 0.457. The Bertz CT molecular complexity index is 478. The van der Waals surface area contributed by atoms with Crippen LogP contribution in [0.3, 0.4) is 0 Å². The Kier molecular flexibility index (Phi) is 5.25. The van der Waals surface area contributed by atoms with Crippen LogP contribution in [-0.2, 0) is 9.53 Å². The second-order valence-corrected chi connectivity index (χ2v) is 4.01. The summed E-state index contributed by atoms with van der Waals surface area (Å²) in [6.45, 7) is -0.543. The summed E-state index contributed by atoms with van der Waals surface area (Å²) in [4.78, 5) is 37.2. The Labute approximate surface area is 111 Å². The number of ether oxygens (including phenoxy) is 1. The summed E-state index contributed by atoms with van der Waals surface area (Å²) in [5, 5.41) is 4.15. The normalized spacial score (nSPS) is 9.44. The fourth-order valence-electron chi connectivity index (χ4n) is 0.963. The molecule has 0 aromatic carbocycles. The highest BCUT2D eigenvalue weighted by Crippen LogP contribution is 2.10. The van der Waals surface area contributed by atoms with E-state index in [4.69, 9.17) is 4.74 Å². The van der Waals surface area contributed by atoms with Gasteiger partial charge in [-0.15, -0.1) is 0 Å². The molecule has 0 fully saturated rings. The Morgan fingerprint density at radius 2 is 2.11 bits per heavy atom. The zero-order valence-corrected chi connectivity index (χ0v) is 11.0. The van der Waals surface area contributed by atoms with Crippen molar-refractivity contribution in [1.82, 2.24) is 15.6 Å². The molecule has 0 saturated carbocycles. The van der Waals surface area contributed by atoms with E-state index in [0.717, 1.165) is 0 Å². The number of carbonyl (C=O) groups is 3. The van der Waals surface area contributed by atoms with Crippen LogP contribution in [0.5, 0.6) is 0 Å². The summed E-state index contributed by atoms with van der Waals surface area (Å²) in [6, 6.07) is 0.839. The van der Waals surface area contributed by atoms with E-state index in [0.29, 0.717) is 4.47 Å². The number of pyridine rings is 1. The smallest absolute Gasteiger partial charge is 0.340 e. The molecule has 1 heterocycles. The average Bonchev–Trinajstić information content (AvgIpc) is 2.35. The number of hydrogen-bond donors (Lipinski definition) is 2. The number of halogens is 1. The standard InChI is InChI=1S/C10H10BrN3O4/c1-12-10(17)14-8(15)5-18-9(16)6-2-7(11)4-13-3-6/h2-4H,5H2,1H3,(H2,12,14,15,17). The van der Waals surface area contributed by atoms with Gasteiger partial charge in [0.2, 0.25) is 0 Å². The number of carbonyl (C=O) groups excluding carboxylic acids is 3. The van der Waals surface area contributed by atoms with Crippen LogP contribution < -0.4 is 10.6 Å². The van der Waals surface area contributed by atoms with E-state index >= 15 is 0 Å². The number of esters is 1.